The third kappa shape index (κ3) is 3.07. The molecule has 128 valence electrons. The van der Waals surface area contributed by atoms with Gasteiger partial charge in [0.15, 0.2) is 5.69 Å². The topological polar surface area (TPSA) is 73.0 Å². The van der Waals surface area contributed by atoms with Crippen LogP contribution in [0.15, 0.2) is 40.9 Å². The van der Waals surface area contributed by atoms with Gasteiger partial charge in [-0.25, -0.2) is 9.97 Å². The molecule has 25 heavy (non-hydrogen) atoms. The summed E-state index contributed by atoms with van der Waals surface area (Å²) >= 11 is 0. The van der Waals surface area contributed by atoms with Gasteiger partial charge in [-0.15, -0.1) is 0 Å². The number of benzene rings is 1. The van der Waals surface area contributed by atoms with Gasteiger partial charge in [-0.3, -0.25) is 4.79 Å². The molecule has 1 amide bonds. The van der Waals surface area contributed by atoms with Gasteiger partial charge in [0.2, 0.25) is 5.89 Å². The Labute approximate surface area is 145 Å². The first-order chi connectivity index (χ1) is 12.1. The van der Waals surface area contributed by atoms with E-state index in [4.69, 9.17) is 4.42 Å². The lowest BCUT2D eigenvalue weighted by Crippen LogP contribution is -2.41. The number of nitrogens with one attached hydrogen (secondary N) is 1. The maximum absolute atomic E-state index is 12.6. The predicted molar refractivity (Wildman–Crippen MR) is 93.2 cm³/mol. The summed E-state index contributed by atoms with van der Waals surface area (Å²) in [5.74, 6) is 1.91. The van der Waals surface area contributed by atoms with Crippen LogP contribution in [0, 0.1) is 13.8 Å². The number of hydrogen-bond donors (Lipinski definition) is 1. The minimum Gasteiger partial charge on any atom is -0.441 e. The van der Waals surface area contributed by atoms with Crippen molar-refractivity contribution in [2.24, 2.45) is 0 Å². The zero-order chi connectivity index (χ0) is 17.4. The number of nitrogens with zero attached hydrogens (tertiary/aromatic N) is 3. The summed E-state index contributed by atoms with van der Waals surface area (Å²) in [4.78, 5) is 21.5. The van der Waals surface area contributed by atoms with E-state index in [-0.39, 0.29) is 11.9 Å². The van der Waals surface area contributed by atoms with Gasteiger partial charge in [0.25, 0.3) is 5.91 Å². The Hall–Kier alpha value is -2.89. The Morgan fingerprint density at radius 1 is 1.24 bits per heavy atom. The first-order valence-corrected chi connectivity index (χ1v) is 8.46. The smallest absolute Gasteiger partial charge is 0.273 e. The SMILES string of the molecule is Cc1cn2c(n1)CC[C@H](NC(=O)c1nc(-c3ccccc3)oc1C)C2. The number of amides is 1. The Morgan fingerprint density at radius 3 is 2.84 bits per heavy atom. The second kappa shape index (κ2) is 6.20. The molecule has 0 saturated carbocycles. The third-order valence-electron chi connectivity index (χ3n) is 4.48. The van der Waals surface area contributed by atoms with E-state index < -0.39 is 0 Å². The fourth-order valence-corrected chi connectivity index (χ4v) is 3.27. The second-order valence-corrected chi connectivity index (χ2v) is 6.45. The number of oxazole rings is 1. The molecule has 1 aliphatic rings. The van der Waals surface area contributed by atoms with Crippen molar-refractivity contribution < 1.29 is 9.21 Å². The molecule has 0 unspecified atom stereocenters. The van der Waals surface area contributed by atoms with Gasteiger partial charge in [0, 0.05) is 30.8 Å². The molecule has 1 aliphatic heterocycles. The average Bonchev–Trinajstić information content (AvgIpc) is 3.17. The molecule has 0 bridgehead atoms. The van der Waals surface area contributed by atoms with E-state index in [1.54, 1.807) is 6.92 Å². The summed E-state index contributed by atoms with van der Waals surface area (Å²) < 4.78 is 7.80. The van der Waals surface area contributed by atoms with Crippen LogP contribution in [0.2, 0.25) is 0 Å². The second-order valence-electron chi connectivity index (χ2n) is 6.45. The summed E-state index contributed by atoms with van der Waals surface area (Å²) in [6.45, 7) is 4.50. The highest BCUT2D eigenvalue weighted by molar-refractivity contribution is 5.93. The summed E-state index contributed by atoms with van der Waals surface area (Å²) in [6, 6.07) is 9.67. The number of aromatic nitrogens is 3. The number of carbonyl (C=O) groups excluding carboxylic acids is 1. The highest BCUT2D eigenvalue weighted by Gasteiger charge is 2.24. The molecule has 2 aromatic heterocycles. The van der Waals surface area contributed by atoms with Crippen LogP contribution < -0.4 is 5.32 Å². The molecule has 6 heteroatoms. The molecular weight excluding hydrogens is 316 g/mol. The molecule has 0 saturated heterocycles. The van der Waals surface area contributed by atoms with Gasteiger partial charge in [0.1, 0.15) is 11.6 Å². The van der Waals surface area contributed by atoms with Crippen molar-refractivity contribution in [2.75, 3.05) is 0 Å². The van der Waals surface area contributed by atoms with E-state index in [9.17, 15) is 4.79 Å². The Kier molecular flexibility index (Phi) is 3.87. The quantitative estimate of drug-likeness (QED) is 0.798. The van der Waals surface area contributed by atoms with Gasteiger partial charge >= 0.3 is 0 Å². The predicted octanol–water partition coefficient (Wildman–Crippen LogP) is 2.90. The largest absolute Gasteiger partial charge is 0.441 e. The van der Waals surface area contributed by atoms with Gasteiger partial charge in [-0.1, -0.05) is 18.2 Å². The molecule has 1 N–H and O–H groups in total. The molecule has 4 rings (SSSR count). The third-order valence-corrected chi connectivity index (χ3v) is 4.48. The Balaban J connectivity index is 1.49. The first kappa shape index (κ1) is 15.6. The monoisotopic (exact) mass is 336 g/mol. The molecule has 6 nitrogen and oxygen atoms in total. The van der Waals surface area contributed by atoms with Crippen LogP contribution in [0.1, 0.15) is 34.2 Å². The molecule has 3 aromatic rings. The number of fused-ring (bicyclic) bond motifs is 1. The zero-order valence-corrected chi connectivity index (χ0v) is 14.3. The van der Waals surface area contributed by atoms with Crippen LogP contribution in [0.5, 0.6) is 0 Å². The van der Waals surface area contributed by atoms with E-state index in [1.807, 2.05) is 43.5 Å². The van der Waals surface area contributed by atoms with Crippen LogP contribution >= 0.6 is 0 Å². The first-order valence-electron chi connectivity index (χ1n) is 8.46. The van der Waals surface area contributed by atoms with E-state index in [2.05, 4.69) is 19.9 Å². The van der Waals surface area contributed by atoms with Crippen LogP contribution in [0.25, 0.3) is 11.5 Å². The molecular formula is C19H20N4O2. The minimum atomic E-state index is -0.186. The number of hydrogen-bond acceptors (Lipinski definition) is 4. The highest BCUT2D eigenvalue weighted by atomic mass is 16.4. The Morgan fingerprint density at radius 2 is 2.04 bits per heavy atom. The fourth-order valence-electron chi connectivity index (χ4n) is 3.27. The highest BCUT2D eigenvalue weighted by Crippen LogP contribution is 2.22. The van der Waals surface area contributed by atoms with E-state index >= 15 is 0 Å². The number of carbonyl (C=O) groups is 1. The van der Waals surface area contributed by atoms with E-state index in [0.29, 0.717) is 17.3 Å². The van der Waals surface area contributed by atoms with Crippen molar-refractivity contribution >= 4 is 5.91 Å². The molecule has 0 spiro atoms. The summed E-state index contributed by atoms with van der Waals surface area (Å²) in [6.07, 6.45) is 3.78. The lowest BCUT2D eigenvalue weighted by Gasteiger charge is -2.24. The van der Waals surface area contributed by atoms with Gasteiger partial charge in [-0.05, 0) is 32.4 Å². The molecule has 1 aromatic carbocycles. The van der Waals surface area contributed by atoms with E-state index in [0.717, 1.165) is 36.5 Å². The van der Waals surface area contributed by atoms with Crippen molar-refractivity contribution in [2.45, 2.75) is 39.3 Å². The fraction of sp³-hybridized carbons (Fsp3) is 0.316. The van der Waals surface area contributed by atoms with E-state index in [1.165, 1.54) is 0 Å². The molecule has 0 fully saturated rings. The Bertz CT molecular complexity index is 911. The van der Waals surface area contributed by atoms with Gasteiger partial charge in [-0.2, -0.15) is 0 Å². The van der Waals surface area contributed by atoms with Gasteiger partial charge < -0.3 is 14.3 Å². The van der Waals surface area contributed by atoms with Crippen LogP contribution in [0.4, 0.5) is 0 Å². The van der Waals surface area contributed by atoms with Crippen molar-refractivity contribution in [3.63, 3.8) is 0 Å². The number of aryl methyl sites for hydroxylation is 3. The normalized spacial score (nSPS) is 16.5. The van der Waals surface area contributed by atoms with Crippen molar-refractivity contribution in [1.29, 1.82) is 0 Å². The number of imidazole rings is 1. The van der Waals surface area contributed by atoms with Crippen molar-refractivity contribution in [3.8, 4) is 11.5 Å². The number of rotatable bonds is 3. The maximum atomic E-state index is 12.6. The molecule has 0 radical (unpaired) electrons. The molecule has 1 atom stereocenters. The standard InChI is InChI=1S/C19H20N4O2/c1-12-10-23-11-15(8-9-16(23)20-12)21-18(24)17-13(2)25-19(22-17)14-6-4-3-5-7-14/h3-7,10,15H,8-9,11H2,1-2H3,(H,21,24)/t15-/m0/s1. The molecule has 3 heterocycles. The lowest BCUT2D eigenvalue weighted by molar-refractivity contribution is 0.0921. The van der Waals surface area contributed by atoms with Crippen molar-refractivity contribution in [1.82, 2.24) is 19.9 Å². The van der Waals surface area contributed by atoms with Crippen LogP contribution in [-0.2, 0) is 13.0 Å². The summed E-state index contributed by atoms with van der Waals surface area (Å²) in [7, 11) is 0. The minimum absolute atomic E-state index is 0.0740. The van der Waals surface area contributed by atoms with Crippen molar-refractivity contribution in [3.05, 3.63) is 59.5 Å². The molecule has 0 aliphatic carbocycles. The summed E-state index contributed by atoms with van der Waals surface area (Å²) in [5.41, 5.74) is 2.23. The lowest BCUT2D eigenvalue weighted by atomic mass is 10.1. The van der Waals surface area contributed by atoms with Crippen LogP contribution in [-0.4, -0.2) is 26.5 Å². The summed E-state index contributed by atoms with van der Waals surface area (Å²) in [5, 5.41) is 3.08. The van der Waals surface area contributed by atoms with Gasteiger partial charge in [0.05, 0.1) is 5.69 Å². The van der Waals surface area contributed by atoms with Crippen LogP contribution in [0.3, 0.4) is 0 Å². The zero-order valence-electron chi connectivity index (χ0n) is 14.3. The average molecular weight is 336 g/mol. The maximum Gasteiger partial charge on any atom is 0.273 e.